The van der Waals surface area contributed by atoms with Gasteiger partial charge in [-0.05, 0) is 26.3 Å². The zero-order valence-electron chi connectivity index (χ0n) is 12.1. The number of nitrogens with zero attached hydrogens (tertiary/aromatic N) is 1. The van der Waals surface area contributed by atoms with E-state index in [2.05, 4.69) is 15.6 Å². The molecular weight excluding hydrogens is 260 g/mol. The Labute approximate surface area is 118 Å². The van der Waals surface area contributed by atoms with E-state index < -0.39 is 11.6 Å². The predicted molar refractivity (Wildman–Crippen MR) is 78.7 cm³/mol. The third-order valence-electron chi connectivity index (χ3n) is 2.84. The van der Waals surface area contributed by atoms with Crippen LogP contribution in [0, 0.1) is 11.6 Å². The van der Waals surface area contributed by atoms with Crippen molar-refractivity contribution in [1.82, 2.24) is 10.6 Å². The highest BCUT2D eigenvalue weighted by atomic mass is 19.1. The summed E-state index contributed by atoms with van der Waals surface area (Å²) < 4.78 is 26.5. The largest absolute Gasteiger partial charge is 0.356 e. The van der Waals surface area contributed by atoms with Crippen LogP contribution in [0.3, 0.4) is 0 Å². The first-order valence-corrected chi connectivity index (χ1v) is 6.61. The van der Waals surface area contributed by atoms with Gasteiger partial charge in [0.05, 0.1) is 6.04 Å². The molecule has 1 atom stereocenters. The molecule has 0 saturated heterocycles. The lowest BCUT2D eigenvalue weighted by molar-refractivity contribution is 0.551. The van der Waals surface area contributed by atoms with E-state index in [1.165, 1.54) is 12.1 Å². The van der Waals surface area contributed by atoms with Crippen molar-refractivity contribution in [2.45, 2.75) is 26.3 Å². The molecule has 2 N–H and O–H groups in total. The monoisotopic (exact) mass is 281 g/mol. The standard InChI is InChI=1S/C15H21F2N3/c1-4-5-6-9-19-15(18-3)20-11(2)13-8-7-12(16)10-14(13)17/h4-5,7-8,10-11H,6,9H2,1-3H3,(H2,18,19,20)/b5-4+. The highest BCUT2D eigenvalue weighted by Gasteiger charge is 2.12. The van der Waals surface area contributed by atoms with Crippen molar-refractivity contribution in [3.05, 3.63) is 47.5 Å². The molecule has 0 amide bonds. The summed E-state index contributed by atoms with van der Waals surface area (Å²) in [5.41, 5.74) is 0.405. The molecule has 0 aliphatic heterocycles. The SMILES string of the molecule is C/C=C/CCNC(=NC)NC(C)c1ccc(F)cc1F. The summed E-state index contributed by atoms with van der Waals surface area (Å²) >= 11 is 0. The third-order valence-corrected chi connectivity index (χ3v) is 2.84. The smallest absolute Gasteiger partial charge is 0.191 e. The fourth-order valence-corrected chi connectivity index (χ4v) is 1.77. The van der Waals surface area contributed by atoms with Crippen molar-refractivity contribution in [3.8, 4) is 0 Å². The third kappa shape index (κ3) is 4.99. The van der Waals surface area contributed by atoms with Crippen LogP contribution in [0.15, 0.2) is 35.3 Å². The van der Waals surface area contributed by atoms with Gasteiger partial charge in [-0.15, -0.1) is 0 Å². The van der Waals surface area contributed by atoms with Crippen LogP contribution in [0.4, 0.5) is 8.78 Å². The second-order valence-electron chi connectivity index (χ2n) is 4.39. The second kappa shape index (κ2) is 8.30. The van der Waals surface area contributed by atoms with Gasteiger partial charge in [0.2, 0.25) is 0 Å². The maximum absolute atomic E-state index is 13.7. The Balaban J connectivity index is 2.60. The van der Waals surface area contributed by atoms with E-state index >= 15 is 0 Å². The molecule has 20 heavy (non-hydrogen) atoms. The highest BCUT2D eigenvalue weighted by Crippen LogP contribution is 2.17. The minimum absolute atomic E-state index is 0.302. The topological polar surface area (TPSA) is 36.4 Å². The molecule has 1 aromatic carbocycles. The Morgan fingerprint density at radius 2 is 2.15 bits per heavy atom. The van der Waals surface area contributed by atoms with Crippen molar-refractivity contribution >= 4 is 5.96 Å². The molecule has 0 spiro atoms. The molecule has 1 unspecified atom stereocenters. The average Bonchev–Trinajstić information content (AvgIpc) is 2.41. The van der Waals surface area contributed by atoms with Crippen LogP contribution >= 0.6 is 0 Å². The van der Waals surface area contributed by atoms with Gasteiger partial charge in [0, 0.05) is 25.2 Å². The van der Waals surface area contributed by atoms with Gasteiger partial charge >= 0.3 is 0 Å². The number of halogens is 2. The molecule has 0 aromatic heterocycles. The lowest BCUT2D eigenvalue weighted by atomic mass is 10.1. The maximum Gasteiger partial charge on any atom is 0.191 e. The molecule has 1 aromatic rings. The average molecular weight is 281 g/mol. The van der Waals surface area contributed by atoms with Crippen LogP contribution in [0.2, 0.25) is 0 Å². The Morgan fingerprint density at radius 1 is 1.40 bits per heavy atom. The van der Waals surface area contributed by atoms with Crippen molar-refractivity contribution in [2.24, 2.45) is 4.99 Å². The Kier molecular flexibility index (Phi) is 6.70. The summed E-state index contributed by atoms with van der Waals surface area (Å²) in [6.07, 6.45) is 4.91. The van der Waals surface area contributed by atoms with Crippen molar-refractivity contribution in [3.63, 3.8) is 0 Å². The van der Waals surface area contributed by atoms with Crippen LogP contribution in [0.5, 0.6) is 0 Å². The van der Waals surface area contributed by atoms with Crippen LogP contribution < -0.4 is 10.6 Å². The number of aliphatic imine (C=N–C) groups is 1. The van der Waals surface area contributed by atoms with Crippen LogP contribution in [-0.4, -0.2) is 19.6 Å². The molecule has 0 aliphatic rings. The summed E-state index contributed by atoms with van der Waals surface area (Å²) in [6, 6.07) is 3.27. The number of allylic oxidation sites excluding steroid dienone is 1. The quantitative estimate of drug-likeness (QED) is 0.376. The predicted octanol–water partition coefficient (Wildman–Crippen LogP) is 3.16. The summed E-state index contributed by atoms with van der Waals surface area (Å²) in [7, 11) is 1.65. The molecule has 3 nitrogen and oxygen atoms in total. The van der Waals surface area contributed by atoms with Gasteiger partial charge < -0.3 is 10.6 Å². The van der Waals surface area contributed by atoms with Gasteiger partial charge in [-0.3, -0.25) is 4.99 Å². The van der Waals surface area contributed by atoms with E-state index in [1.54, 1.807) is 14.0 Å². The fraction of sp³-hybridized carbons (Fsp3) is 0.400. The molecule has 0 heterocycles. The molecule has 0 bridgehead atoms. The molecule has 5 heteroatoms. The summed E-state index contributed by atoms with van der Waals surface area (Å²) in [6.45, 7) is 4.50. The number of hydrogen-bond acceptors (Lipinski definition) is 1. The van der Waals surface area contributed by atoms with E-state index in [4.69, 9.17) is 0 Å². The molecule has 110 valence electrons. The minimum atomic E-state index is -0.577. The number of hydrogen-bond donors (Lipinski definition) is 2. The van der Waals surface area contributed by atoms with Crippen LogP contribution in [0.25, 0.3) is 0 Å². The van der Waals surface area contributed by atoms with Crippen molar-refractivity contribution in [1.29, 1.82) is 0 Å². The Bertz CT molecular complexity index is 484. The number of benzene rings is 1. The number of nitrogens with one attached hydrogen (secondary N) is 2. The lowest BCUT2D eigenvalue weighted by Gasteiger charge is -2.18. The van der Waals surface area contributed by atoms with Gasteiger partial charge in [-0.2, -0.15) is 0 Å². The molecular formula is C15H21F2N3. The van der Waals surface area contributed by atoms with Gasteiger partial charge in [0.15, 0.2) is 5.96 Å². The molecule has 0 fully saturated rings. The first kappa shape index (κ1) is 16.1. The van der Waals surface area contributed by atoms with Crippen molar-refractivity contribution in [2.75, 3.05) is 13.6 Å². The summed E-state index contributed by atoms with van der Waals surface area (Å²) in [5, 5.41) is 6.20. The lowest BCUT2D eigenvalue weighted by Crippen LogP contribution is -2.39. The number of guanidine groups is 1. The van der Waals surface area contributed by atoms with E-state index in [9.17, 15) is 8.78 Å². The zero-order valence-corrected chi connectivity index (χ0v) is 12.1. The summed E-state index contributed by atoms with van der Waals surface area (Å²) in [5.74, 6) is -0.549. The van der Waals surface area contributed by atoms with Gasteiger partial charge in [-0.1, -0.05) is 18.2 Å². The molecule has 0 aliphatic carbocycles. The van der Waals surface area contributed by atoms with Crippen LogP contribution in [0.1, 0.15) is 31.9 Å². The minimum Gasteiger partial charge on any atom is -0.356 e. The van der Waals surface area contributed by atoms with Crippen molar-refractivity contribution < 1.29 is 8.78 Å². The summed E-state index contributed by atoms with van der Waals surface area (Å²) in [4.78, 5) is 4.07. The second-order valence-corrected chi connectivity index (χ2v) is 4.39. The van der Waals surface area contributed by atoms with Gasteiger partial charge in [-0.25, -0.2) is 8.78 Å². The van der Waals surface area contributed by atoms with Gasteiger partial charge in [0.1, 0.15) is 11.6 Å². The fourth-order valence-electron chi connectivity index (χ4n) is 1.77. The van der Waals surface area contributed by atoms with E-state index in [0.29, 0.717) is 11.5 Å². The Morgan fingerprint density at radius 3 is 2.75 bits per heavy atom. The highest BCUT2D eigenvalue weighted by molar-refractivity contribution is 5.80. The molecule has 1 rings (SSSR count). The normalized spacial score (nSPS) is 13.6. The first-order valence-electron chi connectivity index (χ1n) is 6.61. The van der Waals surface area contributed by atoms with E-state index in [-0.39, 0.29) is 6.04 Å². The van der Waals surface area contributed by atoms with Gasteiger partial charge in [0.25, 0.3) is 0 Å². The van der Waals surface area contributed by atoms with Crippen LogP contribution in [-0.2, 0) is 0 Å². The Hall–Kier alpha value is -1.91. The van der Waals surface area contributed by atoms with E-state index in [1.807, 2.05) is 19.1 Å². The van der Waals surface area contributed by atoms with E-state index in [0.717, 1.165) is 19.0 Å². The zero-order chi connectivity index (χ0) is 15.0. The number of rotatable bonds is 5. The molecule has 0 saturated carbocycles. The maximum atomic E-state index is 13.7. The molecule has 0 radical (unpaired) electrons. The first-order chi connectivity index (χ1) is 9.58.